The van der Waals surface area contributed by atoms with E-state index in [-0.39, 0.29) is 27.4 Å². The molecule has 5 nitrogen and oxygen atoms in total. The number of hydrogen-bond acceptors (Lipinski definition) is 4. The Morgan fingerprint density at radius 2 is 2.05 bits per heavy atom. The summed E-state index contributed by atoms with van der Waals surface area (Å²) in [7, 11) is 0. The predicted molar refractivity (Wildman–Crippen MR) is 80.1 cm³/mol. The summed E-state index contributed by atoms with van der Waals surface area (Å²) >= 11 is 8.73. The molecule has 0 aliphatic rings. The van der Waals surface area contributed by atoms with Crippen LogP contribution in [0.4, 0.5) is 14.5 Å². The lowest BCUT2D eigenvalue weighted by Gasteiger charge is -2.11. The molecule has 0 fully saturated rings. The van der Waals surface area contributed by atoms with Gasteiger partial charge in [0.25, 0.3) is 0 Å². The van der Waals surface area contributed by atoms with Crippen LogP contribution < -0.4 is 10.5 Å². The first kappa shape index (κ1) is 16.6. The number of nitro benzene ring substituents is 1. The number of nitrogens with two attached hydrogens (primary N) is 1. The summed E-state index contributed by atoms with van der Waals surface area (Å²) in [4.78, 5) is 10.1. The maximum Gasteiger partial charge on any atom is 0.314 e. The van der Waals surface area contributed by atoms with Crippen LogP contribution in [-0.2, 0) is 6.54 Å². The van der Waals surface area contributed by atoms with E-state index in [0.717, 1.165) is 6.07 Å². The molecule has 0 bridgehead atoms. The molecule has 0 saturated heterocycles. The van der Waals surface area contributed by atoms with Crippen molar-refractivity contribution >= 4 is 33.2 Å². The van der Waals surface area contributed by atoms with Crippen molar-refractivity contribution in [2.24, 2.45) is 5.73 Å². The number of benzene rings is 2. The highest BCUT2D eigenvalue weighted by Gasteiger charge is 2.22. The summed E-state index contributed by atoms with van der Waals surface area (Å²) in [6.07, 6.45) is 0. The second-order valence-electron chi connectivity index (χ2n) is 4.15. The topological polar surface area (TPSA) is 78.4 Å². The Balaban J connectivity index is 2.56. The van der Waals surface area contributed by atoms with Crippen LogP contribution in [0.25, 0.3) is 0 Å². The molecule has 0 spiro atoms. The molecule has 2 aromatic rings. The molecule has 0 aromatic heterocycles. The van der Waals surface area contributed by atoms with Gasteiger partial charge >= 0.3 is 5.69 Å². The normalized spacial score (nSPS) is 10.6. The molecule has 2 rings (SSSR count). The van der Waals surface area contributed by atoms with E-state index in [9.17, 15) is 18.9 Å². The van der Waals surface area contributed by atoms with Crippen LogP contribution in [0, 0.1) is 21.7 Å². The molecule has 116 valence electrons. The molecule has 2 N–H and O–H groups in total. The lowest BCUT2D eigenvalue weighted by atomic mass is 10.2. The Bertz CT molecular complexity index is 759. The van der Waals surface area contributed by atoms with Gasteiger partial charge in [-0.25, -0.2) is 8.78 Å². The van der Waals surface area contributed by atoms with Gasteiger partial charge in [0.15, 0.2) is 11.6 Å². The zero-order chi connectivity index (χ0) is 16.4. The third-order valence-corrected chi connectivity index (χ3v) is 3.66. The molecular formula is C13H8BrClF2N2O3. The molecule has 0 heterocycles. The Hall–Kier alpha value is -1.77. The number of halogens is 4. The number of nitro groups is 1. The average molecular weight is 394 g/mol. The van der Waals surface area contributed by atoms with E-state index in [4.69, 9.17) is 22.1 Å². The molecule has 0 radical (unpaired) electrons. The molecule has 0 unspecified atom stereocenters. The van der Waals surface area contributed by atoms with Crippen LogP contribution >= 0.6 is 27.5 Å². The first-order valence-corrected chi connectivity index (χ1v) is 7.00. The second-order valence-corrected chi connectivity index (χ2v) is 5.41. The molecule has 0 aliphatic heterocycles. The van der Waals surface area contributed by atoms with Crippen molar-refractivity contribution in [1.82, 2.24) is 0 Å². The summed E-state index contributed by atoms with van der Waals surface area (Å²) in [6.45, 7) is -0.103. The summed E-state index contributed by atoms with van der Waals surface area (Å²) < 4.78 is 32.7. The summed E-state index contributed by atoms with van der Waals surface area (Å²) in [6, 6.07) is 4.42. The highest BCUT2D eigenvalue weighted by molar-refractivity contribution is 9.10. The van der Waals surface area contributed by atoms with Gasteiger partial charge in [-0.2, -0.15) is 0 Å². The molecule has 22 heavy (non-hydrogen) atoms. The smallest absolute Gasteiger partial charge is 0.314 e. The van der Waals surface area contributed by atoms with Gasteiger partial charge in [-0.05, 0) is 22.0 Å². The molecule has 2 aromatic carbocycles. The van der Waals surface area contributed by atoms with E-state index in [1.165, 1.54) is 12.1 Å². The van der Waals surface area contributed by atoms with E-state index in [1.807, 2.05) is 0 Å². The molecule has 0 amide bonds. The van der Waals surface area contributed by atoms with Crippen LogP contribution in [0.2, 0.25) is 5.02 Å². The van der Waals surface area contributed by atoms with Gasteiger partial charge in [-0.15, -0.1) is 0 Å². The molecule has 0 aliphatic carbocycles. The Labute approximate surface area is 136 Å². The minimum absolute atomic E-state index is 0.0698. The Morgan fingerprint density at radius 3 is 2.64 bits per heavy atom. The fourth-order valence-corrected chi connectivity index (χ4v) is 2.18. The number of ether oxygens (including phenoxy) is 1. The van der Waals surface area contributed by atoms with Gasteiger partial charge in [0, 0.05) is 18.2 Å². The second kappa shape index (κ2) is 6.55. The summed E-state index contributed by atoms with van der Waals surface area (Å²) in [5, 5.41) is 10.9. The first-order chi connectivity index (χ1) is 10.3. The quantitative estimate of drug-likeness (QED) is 0.611. The number of nitrogens with zero attached hydrogens (tertiary/aromatic N) is 1. The lowest BCUT2D eigenvalue weighted by molar-refractivity contribution is -0.385. The first-order valence-electron chi connectivity index (χ1n) is 5.83. The lowest BCUT2D eigenvalue weighted by Crippen LogP contribution is -2.03. The maximum absolute atomic E-state index is 14.2. The number of hydrogen-bond donors (Lipinski definition) is 1. The summed E-state index contributed by atoms with van der Waals surface area (Å²) in [5.41, 5.74) is 4.85. The third-order valence-electron chi connectivity index (χ3n) is 2.76. The minimum atomic E-state index is -0.846. The summed E-state index contributed by atoms with van der Waals surface area (Å²) in [5.74, 6) is -2.44. The molecular weight excluding hydrogens is 386 g/mol. The Kier molecular flexibility index (Phi) is 4.94. The van der Waals surface area contributed by atoms with Gasteiger partial charge < -0.3 is 10.5 Å². The minimum Gasteiger partial charge on any atom is -0.445 e. The van der Waals surface area contributed by atoms with Gasteiger partial charge in [0.05, 0.1) is 20.5 Å². The largest absolute Gasteiger partial charge is 0.445 e. The monoisotopic (exact) mass is 392 g/mol. The van der Waals surface area contributed by atoms with Crippen molar-refractivity contribution in [1.29, 1.82) is 0 Å². The third kappa shape index (κ3) is 3.18. The van der Waals surface area contributed by atoms with Crippen LogP contribution in [0.15, 0.2) is 28.7 Å². The Morgan fingerprint density at radius 1 is 1.36 bits per heavy atom. The van der Waals surface area contributed by atoms with Gasteiger partial charge in [-0.3, -0.25) is 10.1 Å². The average Bonchev–Trinajstić information content (AvgIpc) is 2.46. The van der Waals surface area contributed by atoms with Crippen LogP contribution in [0.1, 0.15) is 5.56 Å². The van der Waals surface area contributed by atoms with Crippen molar-refractivity contribution in [3.8, 4) is 11.5 Å². The highest BCUT2D eigenvalue weighted by atomic mass is 79.9. The van der Waals surface area contributed by atoms with Gasteiger partial charge in [-0.1, -0.05) is 17.7 Å². The van der Waals surface area contributed by atoms with E-state index in [0.29, 0.717) is 6.07 Å². The maximum atomic E-state index is 14.2. The highest BCUT2D eigenvalue weighted by Crippen LogP contribution is 2.39. The standard InChI is InChI=1S/C13H8BrClF2N2O3/c14-7-3-11(10(19(20)21)4-9(7)16)22-13-8(15)2-1-6(5-18)12(13)17/h1-4H,5,18H2. The molecule has 0 saturated carbocycles. The predicted octanol–water partition coefficient (Wildman–Crippen LogP) is 4.54. The van der Waals surface area contributed by atoms with Crippen LogP contribution in [0.3, 0.4) is 0 Å². The zero-order valence-electron chi connectivity index (χ0n) is 10.8. The van der Waals surface area contributed by atoms with Crippen molar-refractivity contribution in [2.75, 3.05) is 0 Å². The van der Waals surface area contributed by atoms with Gasteiger partial charge in [0.1, 0.15) is 5.82 Å². The van der Waals surface area contributed by atoms with Crippen molar-refractivity contribution in [3.05, 3.63) is 61.1 Å². The van der Waals surface area contributed by atoms with E-state index in [2.05, 4.69) is 15.9 Å². The molecule has 0 atom stereocenters. The zero-order valence-corrected chi connectivity index (χ0v) is 13.1. The SMILES string of the molecule is NCc1ccc(Cl)c(Oc2cc(Br)c(F)cc2[N+](=O)[O-])c1F. The van der Waals surface area contributed by atoms with E-state index >= 15 is 0 Å². The van der Waals surface area contributed by atoms with E-state index in [1.54, 1.807) is 0 Å². The van der Waals surface area contributed by atoms with Crippen molar-refractivity contribution < 1.29 is 18.4 Å². The fourth-order valence-electron chi connectivity index (χ4n) is 1.68. The fraction of sp³-hybridized carbons (Fsp3) is 0.0769. The van der Waals surface area contributed by atoms with E-state index < -0.39 is 28.0 Å². The van der Waals surface area contributed by atoms with Crippen LogP contribution in [0.5, 0.6) is 11.5 Å². The van der Waals surface area contributed by atoms with Gasteiger partial charge in [0.2, 0.25) is 5.75 Å². The van der Waals surface area contributed by atoms with Crippen LogP contribution in [-0.4, -0.2) is 4.92 Å². The van der Waals surface area contributed by atoms with Crippen molar-refractivity contribution in [2.45, 2.75) is 6.54 Å². The van der Waals surface area contributed by atoms with Crippen molar-refractivity contribution in [3.63, 3.8) is 0 Å². The molecule has 9 heteroatoms. The number of rotatable bonds is 4.